The maximum absolute atomic E-state index is 13.2. The Morgan fingerprint density at radius 2 is 1.75 bits per heavy atom. The number of amidine groups is 1. The first-order valence-corrected chi connectivity index (χ1v) is 12.4. The first-order chi connectivity index (χ1) is 15.1. The number of rotatable bonds is 4. The third kappa shape index (κ3) is 4.61. The second-order valence-electron chi connectivity index (χ2n) is 8.60. The number of halogens is 1. The minimum atomic E-state index is -3.83. The zero-order valence-electron chi connectivity index (χ0n) is 17.9. The van der Waals surface area contributed by atoms with Crippen molar-refractivity contribution in [3.63, 3.8) is 0 Å². The molecule has 32 heavy (non-hydrogen) atoms. The molecule has 0 atom stereocenters. The molecular weight excluding hydrogens is 452 g/mol. The summed E-state index contributed by atoms with van der Waals surface area (Å²) in [7, 11) is -3.83. The predicted molar refractivity (Wildman–Crippen MR) is 123 cm³/mol. The highest BCUT2D eigenvalue weighted by Gasteiger charge is 2.39. The fraction of sp³-hybridized carbons (Fsp3) is 0.455. The van der Waals surface area contributed by atoms with Crippen molar-refractivity contribution >= 4 is 44.1 Å². The van der Waals surface area contributed by atoms with Gasteiger partial charge in [-0.2, -0.15) is 4.31 Å². The molecule has 1 amide bonds. The van der Waals surface area contributed by atoms with E-state index in [1.165, 1.54) is 10.4 Å². The van der Waals surface area contributed by atoms with Crippen LogP contribution < -0.4 is 0 Å². The largest absolute Gasteiger partial charge is 0.388 e. The number of carbonyl (C=O) groups is 1. The minimum absolute atomic E-state index is 0.140. The van der Waals surface area contributed by atoms with E-state index in [0.717, 1.165) is 10.8 Å². The zero-order valence-corrected chi connectivity index (χ0v) is 19.5. The monoisotopic (exact) mass is 478 g/mol. The molecule has 0 unspecified atom stereocenters. The number of nitrogens with zero attached hydrogens (tertiary/aromatic N) is 3. The van der Waals surface area contributed by atoms with Gasteiger partial charge in [0.2, 0.25) is 15.9 Å². The Balaban J connectivity index is 1.43. The highest BCUT2D eigenvalue weighted by Crippen LogP contribution is 2.27. The lowest BCUT2D eigenvalue weighted by Crippen LogP contribution is -2.58. The lowest BCUT2D eigenvalue weighted by molar-refractivity contribution is -0.139. The molecule has 0 bridgehead atoms. The molecule has 172 valence electrons. The molecule has 0 spiro atoms. The lowest BCUT2D eigenvalue weighted by Gasteiger charge is -2.43. The number of hydrogen-bond acceptors (Lipinski definition) is 5. The van der Waals surface area contributed by atoms with Crippen molar-refractivity contribution in [2.75, 3.05) is 39.3 Å². The van der Waals surface area contributed by atoms with Crippen molar-refractivity contribution in [1.82, 2.24) is 14.1 Å². The topological polar surface area (TPSA) is 105 Å². The number of benzene rings is 2. The number of carbonyl (C=O) groups excluding carboxylic acids is 1. The fourth-order valence-corrected chi connectivity index (χ4v) is 5.93. The van der Waals surface area contributed by atoms with Gasteiger partial charge in [-0.3, -0.25) is 10.2 Å². The van der Waals surface area contributed by atoms with Gasteiger partial charge in [0.05, 0.1) is 22.9 Å². The van der Waals surface area contributed by atoms with Gasteiger partial charge in [-0.15, -0.1) is 0 Å². The summed E-state index contributed by atoms with van der Waals surface area (Å²) in [5, 5.41) is 20.8. The van der Waals surface area contributed by atoms with Gasteiger partial charge in [-0.1, -0.05) is 23.7 Å². The fourth-order valence-electron chi connectivity index (χ4n) is 4.34. The molecule has 0 radical (unpaired) electrons. The highest BCUT2D eigenvalue weighted by molar-refractivity contribution is 7.89. The Bertz CT molecular complexity index is 1160. The van der Waals surface area contributed by atoms with E-state index < -0.39 is 15.6 Å². The highest BCUT2D eigenvalue weighted by atomic mass is 35.5. The number of aliphatic hydroxyl groups is 1. The molecule has 10 heteroatoms. The van der Waals surface area contributed by atoms with Gasteiger partial charge in [0.25, 0.3) is 0 Å². The SMILES string of the molecule is CC(=N)N1CCC(O)(CN2CCN(S(=O)(=O)c3ccc4cc(Cl)ccc4c3)CC2=O)CC1. The smallest absolute Gasteiger partial charge is 0.243 e. The Hall–Kier alpha value is -2.20. The Labute approximate surface area is 192 Å². The summed E-state index contributed by atoms with van der Waals surface area (Å²) >= 11 is 6.00. The van der Waals surface area contributed by atoms with E-state index in [0.29, 0.717) is 36.8 Å². The van der Waals surface area contributed by atoms with E-state index in [1.54, 1.807) is 42.2 Å². The van der Waals surface area contributed by atoms with E-state index in [2.05, 4.69) is 0 Å². The Morgan fingerprint density at radius 1 is 1.09 bits per heavy atom. The van der Waals surface area contributed by atoms with E-state index in [9.17, 15) is 18.3 Å². The van der Waals surface area contributed by atoms with Crippen molar-refractivity contribution < 1.29 is 18.3 Å². The number of β-amino-alcohol motifs (C(OH)–C–C–N with tert-alkyl or cyclic N) is 1. The number of likely N-dealkylation sites (tertiary alicyclic amines) is 1. The quantitative estimate of drug-likeness (QED) is 0.517. The third-order valence-electron chi connectivity index (χ3n) is 6.35. The summed E-state index contributed by atoms with van der Waals surface area (Å²) in [6.45, 7) is 3.21. The molecule has 4 rings (SSSR count). The third-order valence-corrected chi connectivity index (χ3v) is 8.43. The molecule has 2 heterocycles. The lowest BCUT2D eigenvalue weighted by atomic mass is 9.90. The van der Waals surface area contributed by atoms with Crippen LogP contribution in [0.5, 0.6) is 0 Å². The van der Waals surface area contributed by atoms with Crippen LogP contribution in [0.4, 0.5) is 0 Å². The van der Waals surface area contributed by atoms with E-state index >= 15 is 0 Å². The number of amides is 1. The van der Waals surface area contributed by atoms with Crippen molar-refractivity contribution in [2.45, 2.75) is 30.3 Å². The average molecular weight is 479 g/mol. The normalized spacial score (nSPS) is 20.0. The number of fused-ring (bicyclic) bond motifs is 1. The maximum Gasteiger partial charge on any atom is 0.243 e. The molecule has 8 nitrogen and oxygen atoms in total. The summed E-state index contributed by atoms with van der Waals surface area (Å²) < 4.78 is 27.5. The van der Waals surface area contributed by atoms with Crippen LogP contribution in [-0.4, -0.2) is 84.2 Å². The van der Waals surface area contributed by atoms with Crippen molar-refractivity contribution in [1.29, 1.82) is 5.41 Å². The van der Waals surface area contributed by atoms with Gasteiger partial charge >= 0.3 is 0 Å². The summed E-state index contributed by atoms with van der Waals surface area (Å²) in [5.41, 5.74) is -1.01. The van der Waals surface area contributed by atoms with Crippen molar-refractivity contribution in [3.8, 4) is 0 Å². The van der Waals surface area contributed by atoms with Crippen LogP contribution in [0.15, 0.2) is 41.3 Å². The molecule has 2 fully saturated rings. The van der Waals surface area contributed by atoms with Gasteiger partial charge in [-0.25, -0.2) is 8.42 Å². The molecule has 2 aliphatic heterocycles. The van der Waals surface area contributed by atoms with Crippen LogP contribution in [-0.2, 0) is 14.8 Å². The molecule has 2 saturated heterocycles. The Kier molecular flexibility index (Phi) is 6.19. The minimum Gasteiger partial charge on any atom is -0.388 e. The Morgan fingerprint density at radius 3 is 2.41 bits per heavy atom. The van der Waals surface area contributed by atoms with Crippen LogP contribution in [0, 0.1) is 5.41 Å². The molecule has 2 N–H and O–H groups in total. The van der Waals surface area contributed by atoms with E-state index in [4.69, 9.17) is 17.0 Å². The van der Waals surface area contributed by atoms with Crippen LogP contribution >= 0.6 is 11.6 Å². The van der Waals surface area contributed by atoms with Crippen LogP contribution in [0.1, 0.15) is 19.8 Å². The number of nitrogens with one attached hydrogen (secondary N) is 1. The molecule has 2 aromatic carbocycles. The second kappa shape index (κ2) is 8.62. The first kappa shape index (κ1) is 23.0. The summed E-state index contributed by atoms with van der Waals surface area (Å²) in [6.07, 6.45) is 0.937. The van der Waals surface area contributed by atoms with E-state index in [1.807, 2.05) is 4.90 Å². The van der Waals surface area contributed by atoms with Gasteiger partial charge in [-0.05, 0) is 54.8 Å². The summed E-state index contributed by atoms with van der Waals surface area (Å²) in [4.78, 5) is 16.4. The first-order valence-electron chi connectivity index (χ1n) is 10.6. The predicted octanol–water partition coefficient (Wildman–Crippen LogP) is 2.15. The molecule has 2 aliphatic rings. The van der Waals surface area contributed by atoms with Crippen LogP contribution in [0.25, 0.3) is 10.8 Å². The number of hydrogen-bond donors (Lipinski definition) is 2. The van der Waals surface area contributed by atoms with Crippen molar-refractivity contribution in [2.24, 2.45) is 0 Å². The molecule has 2 aromatic rings. The summed E-state index contributed by atoms with van der Waals surface area (Å²) in [6, 6.07) is 10.1. The average Bonchev–Trinajstić information content (AvgIpc) is 2.74. The maximum atomic E-state index is 13.2. The van der Waals surface area contributed by atoms with Gasteiger partial charge in [0.15, 0.2) is 0 Å². The summed E-state index contributed by atoms with van der Waals surface area (Å²) in [5.74, 6) is 0.158. The number of piperazine rings is 1. The van der Waals surface area contributed by atoms with Gasteiger partial charge in [0, 0.05) is 37.7 Å². The van der Waals surface area contributed by atoms with E-state index in [-0.39, 0.29) is 37.0 Å². The van der Waals surface area contributed by atoms with Crippen LogP contribution in [0.3, 0.4) is 0 Å². The van der Waals surface area contributed by atoms with Gasteiger partial charge in [0.1, 0.15) is 0 Å². The van der Waals surface area contributed by atoms with Crippen LogP contribution in [0.2, 0.25) is 5.02 Å². The van der Waals surface area contributed by atoms with Crippen molar-refractivity contribution in [3.05, 3.63) is 41.4 Å². The number of piperidine rings is 1. The second-order valence-corrected chi connectivity index (χ2v) is 11.0. The molecule has 0 aliphatic carbocycles. The zero-order chi connectivity index (χ0) is 23.1. The van der Waals surface area contributed by atoms with Gasteiger partial charge < -0.3 is 14.9 Å². The number of sulfonamides is 1. The standard InChI is InChI=1S/C22H27ClN4O4S/c1-16(24)25-8-6-22(29,7-9-25)15-26-10-11-27(14-21(26)28)32(30,31)20-5-3-17-12-19(23)4-2-18(17)13-20/h2-5,12-13,24,29H,6-11,14-15H2,1H3. The molecular formula is C22H27ClN4O4S. The molecule has 0 saturated carbocycles. The molecule has 0 aromatic heterocycles.